The number of hydrogen-bond donors (Lipinski definition) is 0. The maximum absolute atomic E-state index is 14.3. The number of ether oxygens (including phenoxy) is 1. The molecule has 144 valence electrons. The van der Waals surface area contributed by atoms with Crippen LogP contribution >= 0.6 is 0 Å². The summed E-state index contributed by atoms with van der Waals surface area (Å²) >= 11 is 0. The van der Waals surface area contributed by atoms with E-state index in [0.29, 0.717) is 24.0 Å². The Balaban J connectivity index is 1.58. The van der Waals surface area contributed by atoms with Crippen LogP contribution in [-0.2, 0) is 4.74 Å². The number of fused-ring (bicyclic) bond motifs is 3. The van der Waals surface area contributed by atoms with Crippen molar-refractivity contribution in [2.24, 2.45) is 5.92 Å². The molecule has 1 unspecified atom stereocenters. The Morgan fingerprint density at radius 1 is 1.15 bits per heavy atom. The summed E-state index contributed by atoms with van der Waals surface area (Å²) < 4.78 is 19.8. The average Bonchev–Trinajstić information content (AvgIpc) is 3.20. The molecule has 1 saturated carbocycles. The first-order valence-electron chi connectivity index (χ1n) is 9.28. The smallest absolute Gasteiger partial charge is 0.410 e. The number of imide groups is 1. The second kappa shape index (κ2) is 6.04. The van der Waals surface area contributed by atoms with Crippen molar-refractivity contribution < 1.29 is 23.5 Å². The van der Waals surface area contributed by atoms with Gasteiger partial charge in [0.2, 0.25) is 0 Å². The van der Waals surface area contributed by atoms with Crippen molar-refractivity contribution in [3.05, 3.63) is 35.4 Å². The average molecular weight is 374 g/mol. The monoisotopic (exact) mass is 374 g/mol. The normalized spacial score (nSPS) is 29.5. The van der Waals surface area contributed by atoms with Crippen LogP contribution in [0, 0.1) is 5.92 Å². The number of nitrogens with zero attached hydrogens (tertiary/aromatic N) is 2. The molecule has 4 rings (SSSR count). The summed E-state index contributed by atoms with van der Waals surface area (Å²) in [5, 5.41) is 0. The molecule has 0 spiro atoms. The van der Waals surface area contributed by atoms with E-state index in [1.165, 1.54) is 9.80 Å². The molecule has 2 bridgehead atoms. The molecule has 1 aliphatic carbocycles. The molecule has 3 aliphatic rings. The van der Waals surface area contributed by atoms with Gasteiger partial charge in [0.25, 0.3) is 11.8 Å². The molecule has 2 aliphatic heterocycles. The molecule has 1 aromatic rings. The number of halogens is 1. The van der Waals surface area contributed by atoms with Crippen molar-refractivity contribution in [3.63, 3.8) is 0 Å². The van der Waals surface area contributed by atoms with Gasteiger partial charge >= 0.3 is 6.09 Å². The first kappa shape index (κ1) is 17.9. The van der Waals surface area contributed by atoms with Gasteiger partial charge in [-0.05, 0) is 51.7 Å². The maximum Gasteiger partial charge on any atom is 0.410 e. The highest BCUT2D eigenvalue weighted by atomic mass is 19.1. The second-order valence-electron chi connectivity index (χ2n) is 8.54. The largest absolute Gasteiger partial charge is 0.444 e. The summed E-state index contributed by atoms with van der Waals surface area (Å²) in [6.45, 7) is 5.33. The minimum Gasteiger partial charge on any atom is -0.444 e. The van der Waals surface area contributed by atoms with Crippen LogP contribution in [0.2, 0.25) is 0 Å². The Kier molecular flexibility index (Phi) is 4.01. The molecule has 1 aromatic carbocycles. The molecule has 0 aromatic heterocycles. The Bertz CT molecular complexity index is 783. The molecule has 7 heteroatoms. The van der Waals surface area contributed by atoms with Gasteiger partial charge in [0.1, 0.15) is 11.8 Å². The number of benzene rings is 1. The van der Waals surface area contributed by atoms with E-state index in [1.54, 1.807) is 45.0 Å². The number of likely N-dealkylation sites (tertiary alicyclic amines) is 1. The highest BCUT2D eigenvalue weighted by molar-refractivity contribution is 6.21. The SMILES string of the molecule is CC(C)(C)OC(=O)N1C2C[C@@H](C[C@H]2F)[C@@H]1CN1C(=O)c2ccccc2C1=O. The zero-order valence-electron chi connectivity index (χ0n) is 15.6. The van der Waals surface area contributed by atoms with E-state index in [1.807, 2.05) is 0 Å². The Hall–Kier alpha value is -2.44. The number of amides is 3. The van der Waals surface area contributed by atoms with E-state index < -0.39 is 29.9 Å². The van der Waals surface area contributed by atoms with Crippen molar-refractivity contribution in [1.82, 2.24) is 9.80 Å². The molecule has 2 fully saturated rings. The van der Waals surface area contributed by atoms with Gasteiger partial charge in [-0.2, -0.15) is 0 Å². The Morgan fingerprint density at radius 2 is 1.74 bits per heavy atom. The fourth-order valence-corrected chi connectivity index (χ4v) is 4.49. The van der Waals surface area contributed by atoms with Gasteiger partial charge in [-0.1, -0.05) is 12.1 Å². The van der Waals surface area contributed by atoms with Crippen LogP contribution in [0.5, 0.6) is 0 Å². The lowest BCUT2D eigenvalue weighted by atomic mass is 9.97. The molecule has 3 amide bonds. The van der Waals surface area contributed by atoms with Crippen LogP contribution in [0.1, 0.15) is 54.3 Å². The van der Waals surface area contributed by atoms with Crippen molar-refractivity contribution in [3.8, 4) is 0 Å². The molecule has 0 N–H and O–H groups in total. The van der Waals surface area contributed by atoms with Crippen molar-refractivity contribution in [1.29, 1.82) is 0 Å². The Morgan fingerprint density at radius 3 is 2.30 bits per heavy atom. The standard InChI is InChI=1S/C20H23FN2O4/c1-20(2,3)27-19(26)23-15-9-11(8-14(15)21)16(23)10-22-17(24)12-6-4-5-7-13(12)18(22)25/h4-7,11,14-16H,8-10H2,1-3H3/t11-,14-,15?,16+/m1/s1. The summed E-state index contributed by atoms with van der Waals surface area (Å²) in [4.78, 5) is 40.7. The molecule has 1 saturated heterocycles. The van der Waals surface area contributed by atoms with E-state index in [9.17, 15) is 18.8 Å². The molecular formula is C20H23FN2O4. The molecule has 27 heavy (non-hydrogen) atoms. The predicted molar refractivity (Wildman–Crippen MR) is 95.1 cm³/mol. The summed E-state index contributed by atoms with van der Waals surface area (Å²) in [7, 11) is 0. The fourth-order valence-electron chi connectivity index (χ4n) is 4.49. The van der Waals surface area contributed by atoms with Crippen molar-refractivity contribution in [2.75, 3.05) is 6.54 Å². The maximum atomic E-state index is 14.3. The predicted octanol–water partition coefficient (Wildman–Crippen LogP) is 3.02. The zero-order valence-corrected chi connectivity index (χ0v) is 15.6. The van der Waals surface area contributed by atoms with Gasteiger partial charge in [-0.25, -0.2) is 9.18 Å². The van der Waals surface area contributed by atoms with Gasteiger partial charge in [0, 0.05) is 0 Å². The van der Waals surface area contributed by atoms with E-state index in [2.05, 4.69) is 0 Å². The summed E-state index contributed by atoms with van der Waals surface area (Å²) in [6, 6.07) is 5.71. The van der Waals surface area contributed by atoms with Gasteiger partial charge in [0.05, 0.1) is 29.8 Å². The molecule has 6 nitrogen and oxygen atoms in total. The lowest BCUT2D eigenvalue weighted by molar-refractivity contribution is -0.00852. The number of alkyl halides is 1. The number of carbonyl (C=O) groups excluding carboxylic acids is 3. The van der Waals surface area contributed by atoms with Gasteiger partial charge in [-0.3, -0.25) is 19.4 Å². The van der Waals surface area contributed by atoms with Crippen LogP contribution in [0.25, 0.3) is 0 Å². The number of hydrogen-bond acceptors (Lipinski definition) is 4. The van der Waals surface area contributed by atoms with E-state index in [0.717, 1.165) is 0 Å². The lowest BCUT2D eigenvalue weighted by Gasteiger charge is -2.38. The second-order valence-corrected chi connectivity index (χ2v) is 8.54. The van der Waals surface area contributed by atoms with E-state index in [-0.39, 0.29) is 24.3 Å². The lowest BCUT2D eigenvalue weighted by Crippen LogP contribution is -2.55. The van der Waals surface area contributed by atoms with Gasteiger partial charge in [0.15, 0.2) is 0 Å². The summed E-state index contributed by atoms with van der Waals surface area (Å²) in [5.74, 6) is -0.805. The quantitative estimate of drug-likeness (QED) is 0.747. The third-order valence-corrected chi connectivity index (χ3v) is 5.60. The molecule has 4 atom stereocenters. The number of piperidine rings is 1. The topological polar surface area (TPSA) is 66.9 Å². The van der Waals surface area contributed by atoms with Crippen LogP contribution in [-0.4, -0.2) is 58.1 Å². The van der Waals surface area contributed by atoms with Gasteiger partial charge in [-0.15, -0.1) is 0 Å². The highest BCUT2D eigenvalue weighted by Gasteiger charge is 2.56. The summed E-state index contributed by atoms with van der Waals surface area (Å²) in [5.41, 5.74) is 0.0424. The molecular weight excluding hydrogens is 351 g/mol. The van der Waals surface area contributed by atoms with Crippen LogP contribution in [0.3, 0.4) is 0 Å². The van der Waals surface area contributed by atoms with Gasteiger partial charge < -0.3 is 4.74 Å². The fraction of sp³-hybridized carbons (Fsp3) is 0.550. The van der Waals surface area contributed by atoms with Crippen LogP contribution in [0.4, 0.5) is 9.18 Å². The number of carbonyl (C=O) groups is 3. The van der Waals surface area contributed by atoms with E-state index in [4.69, 9.17) is 4.74 Å². The summed E-state index contributed by atoms with van der Waals surface area (Å²) in [6.07, 6.45) is -0.800. The van der Waals surface area contributed by atoms with Crippen LogP contribution < -0.4 is 0 Å². The van der Waals surface area contributed by atoms with E-state index >= 15 is 0 Å². The highest BCUT2D eigenvalue weighted by Crippen LogP contribution is 2.45. The zero-order chi connectivity index (χ0) is 19.5. The first-order valence-corrected chi connectivity index (χ1v) is 9.28. The third-order valence-electron chi connectivity index (χ3n) is 5.60. The first-order chi connectivity index (χ1) is 12.7. The third kappa shape index (κ3) is 2.89. The van der Waals surface area contributed by atoms with Crippen LogP contribution in [0.15, 0.2) is 24.3 Å². The Labute approximate surface area is 157 Å². The number of rotatable bonds is 2. The molecule has 0 radical (unpaired) electrons. The minimum absolute atomic E-state index is 0.0689. The van der Waals surface area contributed by atoms with Crippen molar-refractivity contribution in [2.45, 2.75) is 57.5 Å². The minimum atomic E-state index is -1.10. The molecule has 2 heterocycles. The van der Waals surface area contributed by atoms with Crippen molar-refractivity contribution >= 4 is 17.9 Å².